The van der Waals surface area contributed by atoms with Crippen LogP contribution in [0.3, 0.4) is 0 Å². The zero-order chi connectivity index (χ0) is 21.7. The second-order valence-corrected chi connectivity index (χ2v) is 7.13. The van der Waals surface area contributed by atoms with E-state index < -0.39 is 29.4 Å². The lowest BCUT2D eigenvalue weighted by atomic mass is 10.1. The number of rotatable bonds is 7. The largest absolute Gasteiger partial charge is 0.493 e. The van der Waals surface area contributed by atoms with Gasteiger partial charge in [0.05, 0.1) is 18.6 Å². The first-order chi connectivity index (χ1) is 14.4. The fourth-order valence-corrected chi connectivity index (χ4v) is 3.59. The number of carbonyl (C=O) groups is 3. The molecule has 0 radical (unpaired) electrons. The molecule has 0 atom stereocenters. The molecule has 2 aromatic carbocycles. The third-order valence-electron chi connectivity index (χ3n) is 4.11. The lowest BCUT2D eigenvalue weighted by molar-refractivity contribution is -0.127. The number of carbonyl (C=O) groups excluding carboxylic acids is 3. The van der Waals surface area contributed by atoms with E-state index in [9.17, 15) is 18.8 Å². The first-order valence-corrected chi connectivity index (χ1v) is 9.85. The summed E-state index contributed by atoms with van der Waals surface area (Å²) in [6.07, 6.45) is 1.54. The van der Waals surface area contributed by atoms with Crippen molar-refractivity contribution in [3.63, 3.8) is 0 Å². The Kier molecular flexibility index (Phi) is 6.73. The zero-order valence-corrected chi connectivity index (χ0v) is 17.1. The highest BCUT2D eigenvalue weighted by Crippen LogP contribution is 2.37. The number of benzene rings is 2. The fraction of sp³-hybridized carbons (Fsp3) is 0.190. The molecule has 1 saturated heterocycles. The molecule has 156 valence electrons. The van der Waals surface area contributed by atoms with Crippen LogP contribution < -0.4 is 14.8 Å². The number of thioether (sulfide) groups is 1. The van der Waals surface area contributed by atoms with E-state index >= 15 is 0 Å². The number of nitrogens with one attached hydrogen (secondary N) is 1. The van der Waals surface area contributed by atoms with E-state index in [0.717, 1.165) is 16.7 Å². The van der Waals surface area contributed by atoms with Crippen LogP contribution in [0.5, 0.6) is 11.5 Å². The van der Waals surface area contributed by atoms with Crippen LogP contribution in [0.4, 0.5) is 14.9 Å². The Balaban J connectivity index is 1.76. The van der Waals surface area contributed by atoms with Crippen molar-refractivity contribution in [3.8, 4) is 11.5 Å². The zero-order valence-electron chi connectivity index (χ0n) is 16.3. The summed E-state index contributed by atoms with van der Waals surface area (Å²) in [6, 6.07) is 10.4. The second kappa shape index (κ2) is 9.45. The van der Waals surface area contributed by atoms with Gasteiger partial charge in [0.25, 0.3) is 11.1 Å². The summed E-state index contributed by atoms with van der Waals surface area (Å²) in [6.45, 7) is 1.77. The molecule has 0 bridgehead atoms. The molecular weight excluding hydrogens is 411 g/mol. The molecule has 9 heteroatoms. The molecule has 1 aliphatic rings. The van der Waals surface area contributed by atoms with Crippen molar-refractivity contribution < 1.29 is 28.2 Å². The van der Waals surface area contributed by atoms with Gasteiger partial charge in [-0.3, -0.25) is 19.3 Å². The summed E-state index contributed by atoms with van der Waals surface area (Å²) < 4.78 is 23.9. The summed E-state index contributed by atoms with van der Waals surface area (Å²) in [5.74, 6) is -0.619. The van der Waals surface area contributed by atoms with Gasteiger partial charge in [0.1, 0.15) is 12.4 Å². The van der Waals surface area contributed by atoms with Crippen molar-refractivity contribution >= 4 is 40.6 Å². The summed E-state index contributed by atoms with van der Waals surface area (Å²) in [5.41, 5.74) is 0.944. The average Bonchev–Trinajstić information content (AvgIpc) is 2.98. The molecule has 3 amide bonds. The molecule has 3 rings (SSSR count). The van der Waals surface area contributed by atoms with Crippen LogP contribution in [-0.4, -0.2) is 42.2 Å². The van der Waals surface area contributed by atoms with Crippen molar-refractivity contribution in [1.82, 2.24) is 4.90 Å². The summed E-state index contributed by atoms with van der Waals surface area (Å²) in [5, 5.41) is 1.97. The van der Waals surface area contributed by atoms with E-state index in [1.165, 1.54) is 37.5 Å². The van der Waals surface area contributed by atoms with Crippen LogP contribution in [0.1, 0.15) is 12.5 Å². The fourth-order valence-electron chi connectivity index (χ4n) is 2.76. The standard InChI is InChI=1S/C21H19FN2O5S/c1-3-29-19-13(5-4-6-16(19)28-2)11-17-20(26)24(21(27)30-17)12-18(25)23-15-9-7-14(22)8-10-15/h4-11H,3,12H2,1-2H3,(H,23,25)/b17-11+. The second-order valence-electron chi connectivity index (χ2n) is 6.13. The number of hydrogen-bond donors (Lipinski definition) is 1. The average molecular weight is 430 g/mol. The lowest BCUT2D eigenvalue weighted by Gasteiger charge is -2.13. The van der Waals surface area contributed by atoms with Gasteiger partial charge in [0.15, 0.2) is 11.5 Å². The van der Waals surface area contributed by atoms with Crippen LogP contribution >= 0.6 is 11.8 Å². The molecule has 30 heavy (non-hydrogen) atoms. The maximum Gasteiger partial charge on any atom is 0.294 e. The van der Waals surface area contributed by atoms with E-state index in [1.54, 1.807) is 18.2 Å². The maximum absolute atomic E-state index is 13.0. The molecule has 1 fully saturated rings. The number of amides is 3. The van der Waals surface area contributed by atoms with Crippen LogP contribution in [0.15, 0.2) is 47.4 Å². The molecule has 0 aliphatic carbocycles. The highest BCUT2D eigenvalue weighted by molar-refractivity contribution is 8.18. The molecule has 2 aromatic rings. The van der Waals surface area contributed by atoms with Gasteiger partial charge in [0, 0.05) is 11.3 Å². The summed E-state index contributed by atoms with van der Waals surface area (Å²) in [7, 11) is 1.51. The minimum Gasteiger partial charge on any atom is -0.493 e. The van der Waals surface area contributed by atoms with Gasteiger partial charge in [-0.1, -0.05) is 12.1 Å². The van der Waals surface area contributed by atoms with Crippen molar-refractivity contribution in [3.05, 3.63) is 58.8 Å². The van der Waals surface area contributed by atoms with Gasteiger partial charge >= 0.3 is 0 Å². The predicted molar refractivity (Wildman–Crippen MR) is 112 cm³/mol. The third-order valence-corrected chi connectivity index (χ3v) is 5.02. The number of ether oxygens (including phenoxy) is 2. The molecule has 0 saturated carbocycles. The molecule has 1 aliphatic heterocycles. The van der Waals surface area contributed by atoms with E-state index in [2.05, 4.69) is 5.32 Å². The molecule has 7 nitrogen and oxygen atoms in total. The van der Waals surface area contributed by atoms with Crippen LogP contribution in [0.25, 0.3) is 6.08 Å². The lowest BCUT2D eigenvalue weighted by Crippen LogP contribution is -2.36. The van der Waals surface area contributed by atoms with Crippen molar-refractivity contribution in [2.75, 3.05) is 25.6 Å². The highest BCUT2D eigenvalue weighted by Gasteiger charge is 2.36. The monoisotopic (exact) mass is 430 g/mol. The van der Waals surface area contributed by atoms with Gasteiger partial charge in [-0.15, -0.1) is 0 Å². The maximum atomic E-state index is 13.0. The van der Waals surface area contributed by atoms with Crippen molar-refractivity contribution in [2.45, 2.75) is 6.92 Å². The third kappa shape index (κ3) is 4.80. The minimum atomic E-state index is -0.579. The molecular formula is C21H19FN2O5S. The van der Waals surface area contributed by atoms with Crippen LogP contribution in [-0.2, 0) is 9.59 Å². The van der Waals surface area contributed by atoms with Gasteiger partial charge < -0.3 is 14.8 Å². The smallest absolute Gasteiger partial charge is 0.294 e. The number of methoxy groups -OCH3 is 1. The van der Waals surface area contributed by atoms with Gasteiger partial charge in [-0.2, -0.15) is 0 Å². The Bertz CT molecular complexity index is 1010. The highest BCUT2D eigenvalue weighted by atomic mass is 32.2. The molecule has 1 heterocycles. The Hall–Kier alpha value is -3.33. The van der Waals surface area contributed by atoms with E-state index in [-0.39, 0.29) is 4.91 Å². The minimum absolute atomic E-state index is 0.170. The van der Waals surface area contributed by atoms with Crippen molar-refractivity contribution in [1.29, 1.82) is 0 Å². The molecule has 0 aromatic heterocycles. The number of hydrogen-bond acceptors (Lipinski definition) is 6. The molecule has 0 unspecified atom stereocenters. The first kappa shape index (κ1) is 21.4. The SMILES string of the molecule is CCOc1c(/C=C2/SC(=O)N(CC(=O)Nc3ccc(F)cc3)C2=O)cccc1OC. The Labute approximate surface area is 176 Å². The topological polar surface area (TPSA) is 84.9 Å². The summed E-state index contributed by atoms with van der Waals surface area (Å²) >= 11 is 0.740. The first-order valence-electron chi connectivity index (χ1n) is 9.03. The van der Waals surface area contributed by atoms with Crippen molar-refractivity contribution in [2.24, 2.45) is 0 Å². The number of para-hydroxylation sites is 1. The van der Waals surface area contributed by atoms with Crippen LogP contribution in [0.2, 0.25) is 0 Å². The number of halogens is 1. The summed E-state index contributed by atoms with van der Waals surface area (Å²) in [4.78, 5) is 38.2. The van der Waals surface area contributed by atoms with Gasteiger partial charge in [0.2, 0.25) is 5.91 Å². The number of imide groups is 1. The molecule has 1 N–H and O–H groups in total. The Morgan fingerprint density at radius 1 is 1.20 bits per heavy atom. The normalized spacial score (nSPS) is 14.9. The Morgan fingerprint density at radius 3 is 2.60 bits per heavy atom. The van der Waals surface area contributed by atoms with Gasteiger partial charge in [-0.05, 0) is 55.1 Å². The van der Waals surface area contributed by atoms with Gasteiger partial charge in [-0.25, -0.2) is 4.39 Å². The number of nitrogens with zero attached hydrogens (tertiary/aromatic N) is 1. The molecule has 0 spiro atoms. The quantitative estimate of drug-likeness (QED) is 0.671. The van der Waals surface area contributed by atoms with E-state index in [0.29, 0.717) is 29.4 Å². The van der Waals surface area contributed by atoms with E-state index in [4.69, 9.17) is 9.47 Å². The Morgan fingerprint density at radius 2 is 1.93 bits per heavy atom. The van der Waals surface area contributed by atoms with E-state index in [1.807, 2.05) is 6.92 Å². The van der Waals surface area contributed by atoms with Crippen LogP contribution in [0, 0.1) is 5.82 Å². The predicted octanol–water partition coefficient (Wildman–Crippen LogP) is 3.91. The number of anilines is 1.